The lowest BCUT2D eigenvalue weighted by molar-refractivity contribution is -0.0850. The van der Waals surface area contributed by atoms with Crippen molar-refractivity contribution in [3.63, 3.8) is 0 Å². The van der Waals surface area contributed by atoms with Crippen molar-refractivity contribution in [3.8, 4) is 0 Å². The van der Waals surface area contributed by atoms with E-state index in [2.05, 4.69) is 24.5 Å². The second-order valence-electron chi connectivity index (χ2n) is 5.90. The van der Waals surface area contributed by atoms with E-state index in [0.717, 1.165) is 18.1 Å². The molecule has 20 heavy (non-hydrogen) atoms. The van der Waals surface area contributed by atoms with Crippen molar-refractivity contribution >= 4 is 23.4 Å². The van der Waals surface area contributed by atoms with Gasteiger partial charge in [-0.25, -0.2) is 0 Å². The summed E-state index contributed by atoms with van der Waals surface area (Å²) in [6.45, 7) is 0.900. The van der Waals surface area contributed by atoms with Crippen LogP contribution in [0.1, 0.15) is 30.9 Å². The molecule has 3 unspecified atom stereocenters. The van der Waals surface area contributed by atoms with E-state index >= 15 is 0 Å². The predicted octanol–water partition coefficient (Wildman–Crippen LogP) is 3.90. The van der Waals surface area contributed by atoms with Crippen LogP contribution < -0.4 is 5.32 Å². The maximum atomic E-state index is 6.14. The molecule has 3 rings (SSSR count). The Hall–Kier alpha value is -0.220. The SMILES string of the molecule is CNC(c1ccc(Cl)cc1)C1CCOC2(CCSC2)C1. The summed E-state index contributed by atoms with van der Waals surface area (Å²) >= 11 is 8.04. The van der Waals surface area contributed by atoms with Crippen molar-refractivity contribution in [1.29, 1.82) is 0 Å². The lowest BCUT2D eigenvalue weighted by atomic mass is 9.79. The summed E-state index contributed by atoms with van der Waals surface area (Å²) in [4.78, 5) is 0. The first kappa shape index (κ1) is 14.7. The molecule has 4 heteroatoms. The highest BCUT2D eigenvalue weighted by Crippen LogP contribution is 2.43. The molecular weight excluding hydrogens is 290 g/mol. The van der Waals surface area contributed by atoms with Gasteiger partial charge >= 0.3 is 0 Å². The van der Waals surface area contributed by atoms with Gasteiger partial charge in [-0.2, -0.15) is 11.8 Å². The second-order valence-corrected chi connectivity index (χ2v) is 7.45. The lowest BCUT2D eigenvalue weighted by Gasteiger charge is -2.41. The largest absolute Gasteiger partial charge is 0.374 e. The van der Waals surface area contributed by atoms with Crippen LogP contribution in [-0.2, 0) is 4.74 Å². The zero-order valence-electron chi connectivity index (χ0n) is 11.9. The van der Waals surface area contributed by atoms with Gasteiger partial charge in [-0.05, 0) is 55.7 Å². The minimum atomic E-state index is 0.148. The van der Waals surface area contributed by atoms with Crippen LogP contribution in [0.2, 0.25) is 5.02 Å². The molecular formula is C16H22ClNOS. The van der Waals surface area contributed by atoms with Crippen molar-refractivity contribution in [2.24, 2.45) is 5.92 Å². The molecule has 2 aliphatic rings. The molecule has 2 heterocycles. The number of thioether (sulfide) groups is 1. The number of hydrogen-bond acceptors (Lipinski definition) is 3. The highest BCUT2D eigenvalue weighted by Gasteiger charge is 2.42. The molecule has 2 nitrogen and oxygen atoms in total. The van der Waals surface area contributed by atoms with Crippen LogP contribution in [0.3, 0.4) is 0 Å². The summed E-state index contributed by atoms with van der Waals surface area (Å²) in [5.74, 6) is 3.06. The lowest BCUT2D eigenvalue weighted by Crippen LogP contribution is -2.43. The summed E-state index contributed by atoms with van der Waals surface area (Å²) in [6, 6.07) is 8.67. The van der Waals surface area contributed by atoms with Crippen LogP contribution in [0.25, 0.3) is 0 Å². The van der Waals surface area contributed by atoms with Gasteiger partial charge in [0.2, 0.25) is 0 Å². The standard InChI is InChI=1S/C16H22ClNOS/c1-18-15(12-2-4-14(17)5-3-12)13-6-8-19-16(10-13)7-9-20-11-16/h2-5,13,15,18H,6-11H2,1H3. The summed E-state index contributed by atoms with van der Waals surface area (Å²) in [7, 11) is 2.06. The Morgan fingerprint density at radius 3 is 2.85 bits per heavy atom. The number of rotatable bonds is 3. The van der Waals surface area contributed by atoms with Gasteiger partial charge in [0.1, 0.15) is 0 Å². The van der Waals surface area contributed by atoms with Gasteiger partial charge in [-0.15, -0.1) is 0 Å². The summed E-state index contributed by atoms with van der Waals surface area (Å²) < 4.78 is 6.14. The third-order valence-corrected chi connectivity index (χ3v) is 6.08. The fourth-order valence-electron chi connectivity index (χ4n) is 3.56. The van der Waals surface area contributed by atoms with E-state index < -0.39 is 0 Å². The van der Waals surface area contributed by atoms with Crippen molar-refractivity contribution in [2.75, 3.05) is 25.2 Å². The third kappa shape index (κ3) is 3.01. The van der Waals surface area contributed by atoms with Gasteiger partial charge in [0.05, 0.1) is 5.60 Å². The highest BCUT2D eigenvalue weighted by molar-refractivity contribution is 7.99. The highest BCUT2D eigenvalue weighted by atomic mass is 35.5. The Bertz CT molecular complexity index is 444. The van der Waals surface area contributed by atoms with Gasteiger partial charge in [0.25, 0.3) is 0 Å². The van der Waals surface area contributed by atoms with Gasteiger partial charge in [-0.1, -0.05) is 23.7 Å². The summed E-state index contributed by atoms with van der Waals surface area (Å²) in [5.41, 5.74) is 1.49. The zero-order valence-corrected chi connectivity index (χ0v) is 13.5. The maximum absolute atomic E-state index is 6.14. The molecule has 0 saturated carbocycles. The smallest absolute Gasteiger partial charge is 0.0783 e. The molecule has 0 aromatic heterocycles. The van der Waals surface area contributed by atoms with Crippen LogP contribution >= 0.6 is 23.4 Å². The van der Waals surface area contributed by atoms with E-state index in [1.807, 2.05) is 23.9 Å². The third-order valence-electron chi connectivity index (χ3n) is 4.61. The van der Waals surface area contributed by atoms with Crippen LogP contribution in [0.5, 0.6) is 0 Å². The normalized spacial score (nSPS) is 31.6. The predicted molar refractivity (Wildman–Crippen MR) is 86.6 cm³/mol. The molecule has 2 fully saturated rings. The van der Waals surface area contributed by atoms with E-state index in [0.29, 0.717) is 12.0 Å². The van der Waals surface area contributed by atoms with Gasteiger partial charge < -0.3 is 10.1 Å². The Morgan fingerprint density at radius 2 is 2.20 bits per heavy atom. The van der Waals surface area contributed by atoms with Crippen molar-refractivity contribution in [3.05, 3.63) is 34.9 Å². The fourth-order valence-corrected chi connectivity index (χ4v) is 5.06. The molecule has 110 valence electrons. The Kier molecular flexibility index (Phi) is 4.61. The molecule has 2 aliphatic heterocycles. The molecule has 0 bridgehead atoms. The zero-order chi connectivity index (χ0) is 14.0. The average molecular weight is 312 g/mol. The molecule has 0 amide bonds. The van der Waals surface area contributed by atoms with Crippen molar-refractivity contribution in [1.82, 2.24) is 5.32 Å². The van der Waals surface area contributed by atoms with Gasteiger partial charge in [0, 0.05) is 23.4 Å². The topological polar surface area (TPSA) is 21.3 Å². The number of halogens is 1. The maximum Gasteiger partial charge on any atom is 0.0783 e. The molecule has 2 saturated heterocycles. The first-order valence-electron chi connectivity index (χ1n) is 7.37. The monoisotopic (exact) mass is 311 g/mol. The first-order valence-corrected chi connectivity index (χ1v) is 8.90. The molecule has 1 spiro atoms. The minimum Gasteiger partial charge on any atom is -0.374 e. The second kappa shape index (κ2) is 6.27. The van der Waals surface area contributed by atoms with E-state index in [4.69, 9.17) is 16.3 Å². The first-order chi connectivity index (χ1) is 9.72. The Labute approximate surface area is 130 Å². The minimum absolute atomic E-state index is 0.148. The van der Waals surface area contributed by atoms with Crippen LogP contribution in [0.4, 0.5) is 0 Å². The Morgan fingerprint density at radius 1 is 1.40 bits per heavy atom. The number of ether oxygens (including phenoxy) is 1. The van der Waals surface area contributed by atoms with Gasteiger partial charge in [0.15, 0.2) is 0 Å². The molecule has 1 N–H and O–H groups in total. The molecule has 0 radical (unpaired) electrons. The summed E-state index contributed by atoms with van der Waals surface area (Å²) in [5, 5.41) is 4.31. The molecule has 3 atom stereocenters. The average Bonchev–Trinajstić information content (AvgIpc) is 2.90. The van der Waals surface area contributed by atoms with E-state index in [-0.39, 0.29) is 5.60 Å². The van der Waals surface area contributed by atoms with Crippen LogP contribution in [0.15, 0.2) is 24.3 Å². The Balaban J connectivity index is 1.76. The number of nitrogens with one attached hydrogen (secondary N) is 1. The molecule has 1 aromatic carbocycles. The quantitative estimate of drug-likeness (QED) is 0.914. The number of hydrogen-bond donors (Lipinski definition) is 1. The van der Waals surface area contributed by atoms with Crippen LogP contribution in [-0.4, -0.2) is 30.8 Å². The van der Waals surface area contributed by atoms with Crippen molar-refractivity contribution < 1.29 is 4.74 Å². The van der Waals surface area contributed by atoms with Gasteiger partial charge in [-0.3, -0.25) is 0 Å². The van der Waals surface area contributed by atoms with Crippen molar-refractivity contribution in [2.45, 2.75) is 30.9 Å². The summed E-state index contributed by atoms with van der Waals surface area (Å²) in [6.07, 6.45) is 3.53. The fraction of sp³-hybridized carbons (Fsp3) is 0.625. The molecule has 1 aromatic rings. The van der Waals surface area contributed by atoms with Crippen LogP contribution in [0, 0.1) is 5.92 Å². The van der Waals surface area contributed by atoms with E-state index in [1.54, 1.807) is 0 Å². The number of benzene rings is 1. The van der Waals surface area contributed by atoms with E-state index in [9.17, 15) is 0 Å². The van der Waals surface area contributed by atoms with E-state index in [1.165, 1.54) is 29.9 Å². The molecule has 0 aliphatic carbocycles.